The molecule has 0 nitrogen and oxygen atoms in total. The van der Waals surface area contributed by atoms with Gasteiger partial charge in [-0.2, -0.15) is 0 Å². The molecule has 2 aromatic carbocycles. The maximum atomic E-state index is 2.40. The van der Waals surface area contributed by atoms with E-state index in [4.69, 9.17) is 0 Å². The molecule has 0 saturated heterocycles. The third-order valence-corrected chi connectivity index (χ3v) is 3.20. The van der Waals surface area contributed by atoms with Crippen LogP contribution in [0.25, 0.3) is 6.08 Å². The van der Waals surface area contributed by atoms with E-state index in [1.165, 1.54) is 16.7 Å². The molecule has 1 aliphatic carbocycles. The fraction of sp³-hybridized carbons (Fsp3) is 0.125. The van der Waals surface area contributed by atoms with Gasteiger partial charge in [-0.25, -0.2) is 0 Å². The molecule has 19 heavy (non-hydrogen) atoms. The average Bonchev–Trinajstić information content (AvgIpc) is 2.85. The molecule has 1 atom stereocenters. The van der Waals surface area contributed by atoms with Crippen LogP contribution in [0.5, 0.6) is 0 Å². The fourth-order valence-corrected chi connectivity index (χ4v) is 2.37. The number of benzene rings is 2. The van der Waals surface area contributed by atoms with Gasteiger partial charge in [-0.05, 0) is 23.1 Å². The Kier molecular flexibility index (Phi) is 7.12. The first-order chi connectivity index (χ1) is 9.35. The van der Waals surface area contributed by atoms with Crippen molar-refractivity contribution < 1.29 is 11.7 Å². The summed E-state index contributed by atoms with van der Waals surface area (Å²) in [5.74, 6) is 0.554. The van der Waals surface area contributed by atoms with E-state index in [0.29, 0.717) is 17.6 Å². The van der Waals surface area contributed by atoms with E-state index < -0.39 is 0 Å². The van der Waals surface area contributed by atoms with E-state index >= 15 is 0 Å². The van der Waals surface area contributed by atoms with Crippen molar-refractivity contribution in [3.63, 3.8) is 0 Å². The Bertz CT molecular complexity index is 537. The second kappa shape index (κ2) is 8.60. The summed E-state index contributed by atoms with van der Waals surface area (Å²) in [5, 5.41) is 0. The van der Waals surface area contributed by atoms with Crippen LogP contribution in [0.15, 0.2) is 60.7 Å². The molecule has 2 aromatic rings. The molecule has 0 heterocycles. The van der Waals surface area contributed by atoms with Gasteiger partial charge in [0.25, 0.3) is 0 Å². The Balaban J connectivity index is 0.000000408. The van der Waals surface area contributed by atoms with Crippen molar-refractivity contribution in [3.8, 4) is 0 Å². The van der Waals surface area contributed by atoms with Gasteiger partial charge in [-0.15, -0.1) is 0 Å². The maximum absolute atomic E-state index is 2.40. The van der Waals surface area contributed by atoms with Gasteiger partial charge in [0.1, 0.15) is 0 Å². The second-order valence-corrected chi connectivity index (χ2v) is 17.5. The summed E-state index contributed by atoms with van der Waals surface area (Å²) in [5.41, 5.74) is 4.25. The minimum atomic E-state index is 0.440. The van der Waals surface area contributed by atoms with E-state index in [-0.39, 0.29) is 0 Å². The number of fused-ring (bicyclic) bond motifs is 1. The number of halogens is 2. The minimum absolute atomic E-state index is 0.440. The molecular formula is C16H14I2Ti. The van der Waals surface area contributed by atoms with E-state index in [1.54, 1.807) is 0 Å². The van der Waals surface area contributed by atoms with Gasteiger partial charge in [0, 0.05) is 5.92 Å². The van der Waals surface area contributed by atoms with Crippen LogP contribution in [-0.4, -0.2) is 0 Å². The van der Waals surface area contributed by atoms with Crippen LogP contribution in [0.3, 0.4) is 0 Å². The van der Waals surface area contributed by atoms with Crippen molar-refractivity contribution in [3.05, 3.63) is 77.4 Å². The predicted molar refractivity (Wildman–Crippen MR) is 96.4 cm³/mol. The Hall–Kier alpha value is 0.354. The van der Waals surface area contributed by atoms with E-state index in [9.17, 15) is 0 Å². The molecule has 3 heteroatoms. The van der Waals surface area contributed by atoms with E-state index in [1.807, 2.05) is 0 Å². The van der Waals surface area contributed by atoms with E-state index in [2.05, 4.69) is 105 Å². The number of hydrogen-bond acceptors (Lipinski definition) is 0. The Morgan fingerprint density at radius 3 is 2.26 bits per heavy atom. The standard InChI is InChI=1S/C16H14.2HI.Ti/c1-2-6-13(7-3-1)12-15-11-10-14-8-4-5-9-16(14)15;;;/h1-11,15H,12H2;2*1H;/q;;;+2/p-2. The van der Waals surface area contributed by atoms with E-state index in [0.717, 1.165) is 6.42 Å². The molecule has 1 unspecified atom stereocenters. The monoisotopic (exact) mass is 508 g/mol. The molecule has 0 N–H and O–H groups in total. The number of rotatable bonds is 2. The second-order valence-electron chi connectivity index (χ2n) is 4.36. The van der Waals surface area contributed by atoms with Crippen LogP contribution < -0.4 is 0 Å². The molecule has 3 rings (SSSR count). The zero-order valence-electron chi connectivity index (χ0n) is 10.4. The average molecular weight is 508 g/mol. The van der Waals surface area contributed by atoms with Gasteiger partial charge in [-0.3, -0.25) is 0 Å². The van der Waals surface area contributed by atoms with Crippen molar-refractivity contribution in [2.45, 2.75) is 12.3 Å². The number of hydrogen-bond donors (Lipinski definition) is 0. The molecule has 96 valence electrons. The van der Waals surface area contributed by atoms with Crippen molar-refractivity contribution in [1.29, 1.82) is 0 Å². The molecule has 0 aromatic heterocycles. The first-order valence-electron chi connectivity index (χ1n) is 6.12. The van der Waals surface area contributed by atoms with Gasteiger partial charge in [0.15, 0.2) is 0 Å². The van der Waals surface area contributed by atoms with Crippen molar-refractivity contribution in [2.24, 2.45) is 0 Å². The van der Waals surface area contributed by atoms with Crippen LogP contribution in [0, 0.1) is 0 Å². The molecule has 0 fully saturated rings. The summed E-state index contributed by atoms with van der Waals surface area (Å²) in [6.45, 7) is 0. The molecule has 0 spiro atoms. The predicted octanol–water partition coefficient (Wildman–Crippen LogP) is 5.81. The zero-order valence-corrected chi connectivity index (χ0v) is 16.3. The molecule has 0 aliphatic heterocycles. The molecule has 0 amide bonds. The van der Waals surface area contributed by atoms with Gasteiger partial charge >= 0.3 is 50.0 Å². The van der Waals surface area contributed by atoms with Crippen molar-refractivity contribution in [1.82, 2.24) is 0 Å². The van der Waals surface area contributed by atoms with Crippen LogP contribution in [0.4, 0.5) is 0 Å². The normalized spacial score (nSPS) is 15.4. The third-order valence-electron chi connectivity index (χ3n) is 3.20. The Morgan fingerprint density at radius 1 is 0.895 bits per heavy atom. The van der Waals surface area contributed by atoms with Gasteiger partial charge in [0.2, 0.25) is 0 Å². The number of allylic oxidation sites excluding steroid dienone is 1. The summed E-state index contributed by atoms with van der Waals surface area (Å²) in [6, 6.07) is 19.4. The zero-order chi connectivity index (χ0) is 13.5. The summed E-state index contributed by atoms with van der Waals surface area (Å²) in [7, 11) is 0. The van der Waals surface area contributed by atoms with Crippen LogP contribution in [0.2, 0.25) is 0 Å². The Morgan fingerprint density at radius 2 is 1.53 bits per heavy atom. The summed E-state index contributed by atoms with van der Waals surface area (Å²) >= 11 is 5.24. The van der Waals surface area contributed by atoms with Gasteiger partial charge < -0.3 is 0 Å². The van der Waals surface area contributed by atoms with Crippen molar-refractivity contribution in [2.75, 3.05) is 0 Å². The van der Waals surface area contributed by atoms with Crippen LogP contribution in [0.1, 0.15) is 22.6 Å². The first kappa shape index (κ1) is 15.7. The summed E-state index contributed by atoms with van der Waals surface area (Å²) in [6.07, 6.45) is 5.66. The first-order valence-corrected chi connectivity index (χ1v) is 16.2. The topological polar surface area (TPSA) is 0 Å². The summed E-state index contributed by atoms with van der Waals surface area (Å²) in [4.78, 5) is 0. The molecule has 0 saturated carbocycles. The fourth-order valence-electron chi connectivity index (χ4n) is 2.37. The quantitative estimate of drug-likeness (QED) is 0.355. The van der Waals surface area contributed by atoms with Crippen LogP contribution >= 0.6 is 38.4 Å². The molecule has 0 bridgehead atoms. The van der Waals surface area contributed by atoms with Gasteiger partial charge in [-0.1, -0.05) is 66.7 Å². The Labute approximate surface area is 144 Å². The SMILES string of the molecule is C1=CC(Cc2ccccc2)c2ccccc21.[I][Ti][I]. The van der Waals surface area contributed by atoms with Gasteiger partial charge in [0.05, 0.1) is 0 Å². The molecule has 0 radical (unpaired) electrons. The molecule has 1 aliphatic rings. The summed E-state index contributed by atoms with van der Waals surface area (Å²) < 4.78 is 0. The van der Waals surface area contributed by atoms with Crippen LogP contribution in [-0.2, 0) is 18.1 Å². The van der Waals surface area contributed by atoms with Crippen molar-refractivity contribution >= 4 is 44.5 Å². The molecular weight excluding hydrogens is 494 g/mol. The third kappa shape index (κ3) is 4.69.